The molecule has 0 bridgehead atoms. The molecule has 0 atom stereocenters. The number of nitrogens with zero attached hydrogens (tertiary/aromatic N) is 2. The van der Waals surface area contributed by atoms with Crippen LogP contribution in [0.25, 0.3) is 0 Å². The molecule has 2 N–H and O–H groups in total. The van der Waals surface area contributed by atoms with Gasteiger partial charge in [-0.15, -0.1) is 0 Å². The molecule has 4 heteroatoms. The van der Waals surface area contributed by atoms with Crippen LogP contribution in [0.1, 0.15) is 16.8 Å². The lowest BCUT2D eigenvalue weighted by Gasteiger charge is -2.09. The Morgan fingerprint density at radius 2 is 2.18 bits per heavy atom. The lowest BCUT2D eigenvalue weighted by atomic mass is 10.1. The van der Waals surface area contributed by atoms with Gasteiger partial charge in [-0.3, -0.25) is 0 Å². The van der Waals surface area contributed by atoms with E-state index in [0.717, 1.165) is 5.69 Å². The Bertz CT molecular complexity index is 566. The van der Waals surface area contributed by atoms with Crippen LogP contribution in [0.3, 0.4) is 0 Å². The summed E-state index contributed by atoms with van der Waals surface area (Å²) in [6, 6.07) is 10.0. The third kappa shape index (κ3) is 2.35. The number of halogens is 1. The molecule has 0 aliphatic rings. The van der Waals surface area contributed by atoms with Crippen molar-refractivity contribution in [2.24, 2.45) is 5.73 Å². The van der Waals surface area contributed by atoms with Gasteiger partial charge in [-0.05, 0) is 35.9 Å². The second-order valence-electron chi connectivity index (χ2n) is 3.74. The first-order valence-electron chi connectivity index (χ1n) is 5.27. The van der Waals surface area contributed by atoms with E-state index in [1.54, 1.807) is 0 Å². The highest BCUT2D eigenvalue weighted by atomic mass is 19.1. The topological polar surface area (TPSA) is 54.7 Å². The smallest absolute Gasteiger partial charge is 0.123 e. The predicted molar refractivity (Wildman–Crippen MR) is 62.5 cm³/mol. The minimum Gasteiger partial charge on any atom is -0.346 e. The van der Waals surface area contributed by atoms with E-state index in [2.05, 4.69) is 6.07 Å². The zero-order chi connectivity index (χ0) is 12.3. The maximum atomic E-state index is 13.2. The molecule has 1 heterocycles. The lowest BCUT2D eigenvalue weighted by molar-refractivity contribution is 0.622. The molecule has 0 saturated carbocycles. The number of hydrogen-bond donors (Lipinski definition) is 1. The zero-order valence-electron chi connectivity index (χ0n) is 9.23. The molecule has 1 aromatic heterocycles. The van der Waals surface area contributed by atoms with E-state index in [-0.39, 0.29) is 5.82 Å². The van der Waals surface area contributed by atoms with Crippen molar-refractivity contribution < 1.29 is 4.39 Å². The molecule has 2 aromatic rings. The molecule has 0 radical (unpaired) electrons. The zero-order valence-corrected chi connectivity index (χ0v) is 9.23. The van der Waals surface area contributed by atoms with Crippen molar-refractivity contribution in [1.82, 2.24) is 4.57 Å². The van der Waals surface area contributed by atoms with Gasteiger partial charge in [-0.25, -0.2) is 4.39 Å². The highest BCUT2D eigenvalue weighted by Gasteiger charge is 2.06. The summed E-state index contributed by atoms with van der Waals surface area (Å²) < 4.78 is 15.1. The number of nitriles is 1. The van der Waals surface area contributed by atoms with Gasteiger partial charge in [0.15, 0.2) is 0 Å². The Balaban J connectivity index is 2.36. The molecule has 0 unspecified atom stereocenters. The maximum Gasteiger partial charge on any atom is 0.123 e. The van der Waals surface area contributed by atoms with E-state index in [9.17, 15) is 4.39 Å². The molecule has 0 saturated heterocycles. The molecular formula is C13H12FN3. The first-order valence-corrected chi connectivity index (χ1v) is 5.27. The van der Waals surface area contributed by atoms with Gasteiger partial charge in [-0.1, -0.05) is 0 Å². The van der Waals surface area contributed by atoms with Crippen molar-refractivity contribution in [1.29, 1.82) is 5.26 Å². The first kappa shape index (κ1) is 11.4. The van der Waals surface area contributed by atoms with Gasteiger partial charge in [0.05, 0.1) is 11.6 Å². The minimum atomic E-state index is -0.333. The van der Waals surface area contributed by atoms with Gasteiger partial charge in [0, 0.05) is 25.0 Å². The third-order valence-electron chi connectivity index (χ3n) is 2.66. The second kappa shape index (κ2) is 4.81. The molecule has 0 spiro atoms. The maximum absolute atomic E-state index is 13.2. The molecule has 86 valence electrons. The summed E-state index contributed by atoms with van der Waals surface area (Å²) in [6.07, 6.45) is 1.87. The van der Waals surface area contributed by atoms with Gasteiger partial charge in [0.25, 0.3) is 0 Å². The Morgan fingerprint density at radius 3 is 2.88 bits per heavy atom. The van der Waals surface area contributed by atoms with Gasteiger partial charge in [-0.2, -0.15) is 5.26 Å². The molecule has 0 aliphatic carbocycles. The molecule has 17 heavy (non-hydrogen) atoms. The highest BCUT2D eigenvalue weighted by Crippen LogP contribution is 2.14. The Morgan fingerprint density at radius 1 is 1.35 bits per heavy atom. The standard InChI is InChI=1S/C13H12FN3/c14-12-4-3-10(7-15)11(6-12)9-17-5-1-2-13(17)8-16/h1-6H,8-9,16H2. The van der Waals surface area contributed by atoms with E-state index >= 15 is 0 Å². The van der Waals surface area contributed by atoms with Crippen molar-refractivity contribution in [2.75, 3.05) is 0 Å². The van der Waals surface area contributed by atoms with Gasteiger partial charge in [0.1, 0.15) is 5.82 Å². The molecule has 0 fully saturated rings. The van der Waals surface area contributed by atoms with E-state index in [1.807, 2.05) is 22.9 Å². The summed E-state index contributed by atoms with van der Waals surface area (Å²) >= 11 is 0. The number of hydrogen-bond acceptors (Lipinski definition) is 2. The second-order valence-corrected chi connectivity index (χ2v) is 3.74. The van der Waals surface area contributed by atoms with Crippen molar-refractivity contribution in [3.63, 3.8) is 0 Å². The summed E-state index contributed by atoms with van der Waals surface area (Å²) in [5.41, 5.74) is 7.70. The van der Waals surface area contributed by atoms with Crippen LogP contribution in [0.2, 0.25) is 0 Å². The average Bonchev–Trinajstić information content (AvgIpc) is 2.77. The Kier molecular flexibility index (Phi) is 3.22. The summed E-state index contributed by atoms with van der Waals surface area (Å²) in [5, 5.41) is 8.96. The fourth-order valence-electron chi connectivity index (χ4n) is 1.77. The van der Waals surface area contributed by atoms with Gasteiger partial charge in [0.2, 0.25) is 0 Å². The van der Waals surface area contributed by atoms with Crippen molar-refractivity contribution in [3.05, 3.63) is 59.2 Å². The normalized spacial score (nSPS) is 10.2. The summed E-state index contributed by atoms with van der Waals surface area (Å²) in [7, 11) is 0. The van der Waals surface area contributed by atoms with E-state index < -0.39 is 0 Å². The van der Waals surface area contributed by atoms with Crippen LogP contribution < -0.4 is 5.73 Å². The van der Waals surface area contributed by atoms with Crippen LogP contribution in [0.15, 0.2) is 36.5 Å². The number of benzene rings is 1. The molecule has 0 amide bonds. The van der Waals surface area contributed by atoms with Crippen molar-refractivity contribution >= 4 is 0 Å². The van der Waals surface area contributed by atoms with Crippen LogP contribution >= 0.6 is 0 Å². The van der Waals surface area contributed by atoms with Crippen LogP contribution in [-0.2, 0) is 13.1 Å². The van der Waals surface area contributed by atoms with Crippen molar-refractivity contribution in [2.45, 2.75) is 13.1 Å². The van der Waals surface area contributed by atoms with E-state index in [4.69, 9.17) is 11.0 Å². The Hall–Kier alpha value is -2.12. The number of rotatable bonds is 3. The first-order chi connectivity index (χ1) is 8.24. The predicted octanol–water partition coefficient (Wildman–Crippen LogP) is 2.01. The van der Waals surface area contributed by atoms with Gasteiger partial charge < -0.3 is 10.3 Å². The lowest BCUT2D eigenvalue weighted by Crippen LogP contribution is -2.08. The monoisotopic (exact) mass is 229 g/mol. The number of nitrogens with two attached hydrogens (primary N) is 1. The fourth-order valence-corrected chi connectivity index (χ4v) is 1.77. The third-order valence-corrected chi connectivity index (χ3v) is 2.66. The minimum absolute atomic E-state index is 0.333. The summed E-state index contributed by atoms with van der Waals surface area (Å²) in [4.78, 5) is 0. The quantitative estimate of drug-likeness (QED) is 0.875. The summed E-state index contributed by atoms with van der Waals surface area (Å²) in [5.74, 6) is -0.333. The number of aromatic nitrogens is 1. The Labute approximate surface area is 98.9 Å². The molecule has 1 aromatic carbocycles. The molecule has 0 aliphatic heterocycles. The van der Waals surface area contributed by atoms with Gasteiger partial charge >= 0.3 is 0 Å². The van der Waals surface area contributed by atoms with Crippen LogP contribution in [0.5, 0.6) is 0 Å². The molecular weight excluding hydrogens is 217 g/mol. The average molecular weight is 229 g/mol. The summed E-state index contributed by atoms with van der Waals surface area (Å²) in [6.45, 7) is 0.879. The van der Waals surface area contributed by atoms with E-state index in [0.29, 0.717) is 24.2 Å². The highest BCUT2D eigenvalue weighted by molar-refractivity contribution is 5.38. The van der Waals surface area contributed by atoms with Crippen LogP contribution in [-0.4, -0.2) is 4.57 Å². The van der Waals surface area contributed by atoms with Crippen LogP contribution in [0.4, 0.5) is 4.39 Å². The molecule has 3 nitrogen and oxygen atoms in total. The van der Waals surface area contributed by atoms with E-state index in [1.165, 1.54) is 18.2 Å². The van der Waals surface area contributed by atoms with Crippen molar-refractivity contribution in [3.8, 4) is 6.07 Å². The fraction of sp³-hybridized carbons (Fsp3) is 0.154. The SMILES string of the molecule is N#Cc1ccc(F)cc1Cn1cccc1CN. The van der Waals surface area contributed by atoms with Crippen LogP contribution in [0, 0.1) is 17.1 Å². The molecule has 2 rings (SSSR count). The largest absolute Gasteiger partial charge is 0.346 e.